The van der Waals surface area contributed by atoms with Crippen LogP contribution in [0.3, 0.4) is 0 Å². The van der Waals surface area contributed by atoms with Crippen LogP contribution in [0.1, 0.15) is 5.01 Å². The number of nitrogen functional groups attached to an aromatic ring is 1. The summed E-state index contributed by atoms with van der Waals surface area (Å²) < 4.78 is 36.9. The SMILES string of the molecule is Nc1ccc(-c2cnc(C(F)(F)F)s2)cn1. The Morgan fingerprint density at radius 3 is 2.38 bits per heavy atom. The first-order valence-corrected chi connectivity index (χ1v) is 5.03. The second-order valence-electron chi connectivity index (χ2n) is 3.00. The molecule has 0 spiro atoms. The normalized spacial score (nSPS) is 11.7. The van der Waals surface area contributed by atoms with Crippen LogP contribution in [0.2, 0.25) is 0 Å². The molecule has 2 heterocycles. The highest BCUT2D eigenvalue weighted by atomic mass is 32.1. The molecule has 2 rings (SSSR count). The summed E-state index contributed by atoms with van der Waals surface area (Å²) in [4.78, 5) is 7.54. The summed E-state index contributed by atoms with van der Waals surface area (Å²) >= 11 is 0.582. The van der Waals surface area contributed by atoms with E-state index in [1.165, 1.54) is 18.5 Å². The van der Waals surface area contributed by atoms with Crippen LogP contribution >= 0.6 is 11.3 Å². The van der Waals surface area contributed by atoms with Gasteiger partial charge in [-0.1, -0.05) is 0 Å². The van der Waals surface area contributed by atoms with E-state index in [9.17, 15) is 13.2 Å². The first kappa shape index (κ1) is 10.9. The van der Waals surface area contributed by atoms with Crippen LogP contribution in [-0.2, 0) is 6.18 Å². The van der Waals surface area contributed by atoms with Crippen LogP contribution in [0.4, 0.5) is 19.0 Å². The van der Waals surface area contributed by atoms with Crippen molar-refractivity contribution in [2.24, 2.45) is 0 Å². The number of hydrogen-bond acceptors (Lipinski definition) is 4. The Morgan fingerprint density at radius 2 is 1.88 bits per heavy atom. The van der Waals surface area contributed by atoms with Crippen molar-refractivity contribution in [3.8, 4) is 10.4 Å². The van der Waals surface area contributed by atoms with Crippen LogP contribution in [0, 0.1) is 0 Å². The van der Waals surface area contributed by atoms with Crippen LogP contribution in [-0.4, -0.2) is 9.97 Å². The Bertz CT molecular complexity index is 489. The van der Waals surface area contributed by atoms with E-state index in [-0.39, 0.29) is 0 Å². The second kappa shape index (κ2) is 3.75. The molecule has 0 radical (unpaired) electrons. The van der Waals surface area contributed by atoms with Crippen molar-refractivity contribution < 1.29 is 13.2 Å². The van der Waals surface area contributed by atoms with Gasteiger partial charge in [-0.15, -0.1) is 11.3 Å². The Hall–Kier alpha value is -1.63. The number of halogens is 3. The molecule has 2 aromatic heterocycles. The Kier molecular flexibility index (Phi) is 2.55. The summed E-state index contributed by atoms with van der Waals surface area (Å²) in [5, 5.41) is -0.862. The summed E-state index contributed by atoms with van der Waals surface area (Å²) in [6.07, 6.45) is -1.80. The number of anilines is 1. The maximum absolute atomic E-state index is 12.3. The molecule has 0 saturated heterocycles. The summed E-state index contributed by atoms with van der Waals surface area (Å²) in [7, 11) is 0. The van der Waals surface area contributed by atoms with E-state index >= 15 is 0 Å². The molecule has 84 valence electrons. The van der Waals surface area contributed by atoms with Gasteiger partial charge < -0.3 is 5.73 Å². The topological polar surface area (TPSA) is 51.8 Å². The average Bonchev–Trinajstić information content (AvgIpc) is 2.67. The lowest BCUT2D eigenvalue weighted by Crippen LogP contribution is -2.02. The number of thiazole rings is 1. The number of aromatic nitrogens is 2. The van der Waals surface area contributed by atoms with E-state index in [1.807, 2.05) is 0 Å². The Labute approximate surface area is 92.8 Å². The minimum Gasteiger partial charge on any atom is -0.384 e. The fourth-order valence-corrected chi connectivity index (χ4v) is 1.86. The molecule has 0 aliphatic rings. The fraction of sp³-hybridized carbons (Fsp3) is 0.111. The smallest absolute Gasteiger partial charge is 0.384 e. The lowest BCUT2D eigenvalue weighted by atomic mass is 10.2. The fourth-order valence-electron chi connectivity index (χ4n) is 1.09. The molecule has 16 heavy (non-hydrogen) atoms. The quantitative estimate of drug-likeness (QED) is 0.840. The third-order valence-corrected chi connectivity index (χ3v) is 2.91. The summed E-state index contributed by atoms with van der Waals surface area (Å²) in [5.74, 6) is 0.323. The van der Waals surface area contributed by atoms with Gasteiger partial charge in [0.2, 0.25) is 0 Å². The first-order chi connectivity index (χ1) is 7.47. The molecule has 0 amide bonds. The number of nitrogens with zero attached hydrogens (tertiary/aromatic N) is 2. The van der Waals surface area contributed by atoms with Crippen molar-refractivity contribution >= 4 is 17.2 Å². The van der Waals surface area contributed by atoms with Crippen molar-refractivity contribution in [2.45, 2.75) is 6.18 Å². The molecule has 0 atom stereocenters. The maximum atomic E-state index is 12.3. The van der Waals surface area contributed by atoms with Gasteiger partial charge in [-0.3, -0.25) is 0 Å². The van der Waals surface area contributed by atoms with E-state index in [4.69, 9.17) is 5.73 Å². The van der Waals surface area contributed by atoms with Gasteiger partial charge in [-0.2, -0.15) is 13.2 Å². The van der Waals surface area contributed by atoms with Crippen molar-refractivity contribution in [3.05, 3.63) is 29.5 Å². The molecule has 0 fully saturated rings. The lowest BCUT2D eigenvalue weighted by Gasteiger charge is -1.99. The molecule has 0 aliphatic heterocycles. The minimum absolute atomic E-state index is 0.323. The van der Waals surface area contributed by atoms with Crippen LogP contribution in [0.15, 0.2) is 24.5 Å². The van der Waals surface area contributed by atoms with Gasteiger partial charge in [0.05, 0.1) is 4.88 Å². The molecule has 3 nitrogen and oxygen atoms in total. The van der Waals surface area contributed by atoms with Gasteiger partial charge in [-0.05, 0) is 12.1 Å². The lowest BCUT2D eigenvalue weighted by molar-refractivity contribution is -0.137. The molecule has 0 bridgehead atoms. The Morgan fingerprint density at radius 1 is 1.12 bits per heavy atom. The molecule has 7 heteroatoms. The molecular weight excluding hydrogens is 239 g/mol. The zero-order valence-corrected chi connectivity index (χ0v) is 8.64. The minimum atomic E-state index is -4.40. The second-order valence-corrected chi connectivity index (χ2v) is 4.03. The third kappa shape index (κ3) is 2.13. The van der Waals surface area contributed by atoms with Gasteiger partial charge in [0.15, 0.2) is 5.01 Å². The molecule has 0 saturated carbocycles. The molecule has 2 N–H and O–H groups in total. The van der Waals surface area contributed by atoms with E-state index in [0.29, 0.717) is 27.6 Å². The summed E-state index contributed by atoms with van der Waals surface area (Å²) in [6.45, 7) is 0. The van der Waals surface area contributed by atoms with Gasteiger partial charge in [0.1, 0.15) is 5.82 Å². The van der Waals surface area contributed by atoms with Gasteiger partial charge >= 0.3 is 6.18 Å². The summed E-state index contributed by atoms with van der Waals surface area (Å²) in [6, 6.07) is 3.14. The number of rotatable bonds is 1. The zero-order valence-electron chi connectivity index (χ0n) is 7.82. The predicted octanol–water partition coefficient (Wildman–Crippen LogP) is 2.81. The van der Waals surface area contributed by atoms with Gasteiger partial charge in [0.25, 0.3) is 0 Å². The number of hydrogen-bond donors (Lipinski definition) is 1. The monoisotopic (exact) mass is 245 g/mol. The highest BCUT2D eigenvalue weighted by Gasteiger charge is 2.34. The molecule has 0 unspecified atom stereocenters. The summed E-state index contributed by atoms with van der Waals surface area (Å²) in [5.41, 5.74) is 5.95. The van der Waals surface area contributed by atoms with Gasteiger partial charge in [-0.25, -0.2) is 9.97 Å². The van der Waals surface area contributed by atoms with Gasteiger partial charge in [0, 0.05) is 18.0 Å². The third-order valence-electron chi connectivity index (χ3n) is 1.82. The highest BCUT2D eigenvalue weighted by Crippen LogP contribution is 2.36. The van der Waals surface area contributed by atoms with Crippen LogP contribution in [0.5, 0.6) is 0 Å². The van der Waals surface area contributed by atoms with E-state index in [2.05, 4.69) is 9.97 Å². The standard InChI is InChI=1S/C9H6F3N3S/c10-9(11,12)8-15-4-6(16-8)5-1-2-7(13)14-3-5/h1-4H,(H2,13,14). The zero-order chi connectivity index (χ0) is 11.8. The largest absolute Gasteiger partial charge is 0.443 e. The highest BCUT2D eigenvalue weighted by molar-refractivity contribution is 7.15. The van der Waals surface area contributed by atoms with Crippen molar-refractivity contribution in [1.82, 2.24) is 9.97 Å². The van der Waals surface area contributed by atoms with Crippen LogP contribution in [0.25, 0.3) is 10.4 Å². The van der Waals surface area contributed by atoms with E-state index in [1.54, 1.807) is 6.07 Å². The number of nitrogens with two attached hydrogens (primary N) is 1. The number of alkyl halides is 3. The molecule has 2 aromatic rings. The van der Waals surface area contributed by atoms with Crippen molar-refractivity contribution in [3.63, 3.8) is 0 Å². The average molecular weight is 245 g/mol. The van der Waals surface area contributed by atoms with Crippen LogP contribution < -0.4 is 5.73 Å². The molecule has 0 aliphatic carbocycles. The number of pyridine rings is 1. The van der Waals surface area contributed by atoms with Crippen molar-refractivity contribution in [2.75, 3.05) is 5.73 Å². The molecular formula is C9H6F3N3S. The van der Waals surface area contributed by atoms with Crippen molar-refractivity contribution in [1.29, 1.82) is 0 Å². The van der Waals surface area contributed by atoms with E-state index < -0.39 is 11.2 Å². The van der Waals surface area contributed by atoms with E-state index in [0.717, 1.165) is 0 Å². The predicted molar refractivity (Wildman–Crippen MR) is 54.8 cm³/mol. The molecule has 0 aromatic carbocycles. The maximum Gasteiger partial charge on any atom is 0.443 e. The first-order valence-electron chi connectivity index (χ1n) is 4.22. The Balaban J connectivity index is 2.35.